The summed E-state index contributed by atoms with van der Waals surface area (Å²) in [6, 6.07) is 8.90. The molecule has 4 nitrogen and oxygen atoms in total. The standard InChI is InChI=1S/C17H24N2O2/c1-2-21-16-6-4-3-5-15(16)19-17(20)11-12-9-13-7-8-14(10-12)18-13/h3-6,12-14,18H,2,7-11H2,1H3,(H,19,20). The second kappa shape index (κ2) is 6.48. The molecule has 3 rings (SSSR count). The molecule has 2 aliphatic rings. The molecule has 21 heavy (non-hydrogen) atoms. The number of amides is 1. The van der Waals surface area contributed by atoms with Crippen LogP contribution >= 0.6 is 0 Å². The van der Waals surface area contributed by atoms with Crippen LogP contribution in [0.5, 0.6) is 5.75 Å². The number of carbonyl (C=O) groups excluding carboxylic acids is 1. The fourth-order valence-electron chi connectivity index (χ4n) is 3.66. The van der Waals surface area contributed by atoms with Crippen molar-refractivity contribution in [3.8, 4) is 5.75 Å². The molecule has 1 aromatic carbocycles. The molecule has 2 unspecified atom stereocenters. The van der Waals surface area contributed by atoms with E-state index in [9.17, 15) is 4.79 Å². The number of carbonyl (C=O) groups is 1. The van der Waals surface area contributed by atoms with Gasteiger partial charge in [-0.05, 0) is 50.7 Å². The quantitative estimate of drug-likeness (QED) is 0.876. The summed E-state index contributed by atoms with van der Waals surface area (Å²) in [6.45, 7) is 2.55. The van der Waals surface area contributed by atoms with Gasteiger partial charge >= 0.3 is 0 Å². The third-order valence-corrected chi connectivity index (χ3v) is 4.51. The van der Waals surface area contributed by atoms with Gasteiger partial charge in [-0.25, -0.2) is 0 Å². The Hall–Kier alpha value is -1.55. The Kier molecular flexibility index (Phi) is 4.44. The number of hydrogen-bond donors (Lipinski definition) is 2. The zero-order valence-corrected chi connectivity index (χ0v) is 12.6. The van der Waals surface area contributed by atoms with Gasteiger partial charge in [0.2, 0.25) is 5.91 Å². The van der Waals surface area contributed by atoms with Crippen LogP contribution < -0.4 is 15.4 Å². The Morgan fingerprint density at radius 1 is 1.29 bits per heavy atom. The van der Waals surface area contributed by atoms with E-state index < -0.39 is 0 Å². The highest BCUT2D eigenvalue weighted by Crippen LogP contribution is 2.33. The number of anilines is 1. The van der Waals surface area contributed by atoms with Crippen LogP contribution in [0.3, 0.4) is 0 Å². The molecule has 114 valence electrons. The van der Waals surface area contributed by atoms with Gasteiger partial charge in [-0.1, -0.05) is 12.1 Å². The van der Waals surface area contributed by atoms with E-state index in [0.717, 1.165) is 24.3 Å². The number of rotatable bonds is 5. The molecule has 2 heterocycles. The minimum Gasteiger partial charge on any atom is -0.492 e. The number of hydrogen-bond acceptors (Lipinski definition) is 3. The van der Waals surface area contributed by atoms with Gasteiger partial charge in [-0.15, -0.1) is 0 Å². The Morgan fingerprint density at radius 2 is 2.00 bits per heavy atom. The van der Waals surface area contributed by atoms with Crippen LogP contribution in [0.4, 0.5) is 5.69 Å². The van der Waals surface area contributed by atoms with E-state index in [-0.39, 0.29) is 5.91 Å². The van der Waals surface area contributed by atoms with Crippen molar-refractivity contribution in [2.45, 2.75) is 51.1 Å². The topological polar surface area (TPSA) is 50.4 Å². The lowest BCUT2D eigenvalue weighted by atomic mass is 9.89. The van der Waals surface area contributed by atoms with Crippen LogP contribution in [0.25, 0.3) is 0 Å². The zero-order valence-electron chi connectivity index (χ0n) is 12.6. The van der Waals surface area contributed by atoms with Crippen LogP contribution in [0.2, 0.25) is 0 Å². The molecule has 2 N–H and O–H groups in total. The maximum atomic E-state index is 12.3. The van der Waals surface area contributed by atoms with Gasteiger partial charge in [0.1, 0.15) is 5.75 Å². The van der Waals surface area contributed by atoms with Gasteiger partial charge in [0, 0.05) is 18.5 Å². The lowest BCUT2D eigenvalue weighted by Crippen LogP contribution is -2.39. The molecule has 0 radical (unpaired) electrons. The summed E-state index contributed by atoms with van der Waals surface area (Å²) in [4.78, 5) is 12.3. The van der Waals surface area contributed by atoms with E-state index >= 15 is 0 Å². The van der Waals surface area contributed by atoms with Crippen molar-refractivity contribution in [1.29, 1.82) is 0 Å². The third-order valence-electron chi connectivity index (χ3n) is 4.51. The Balaban J connectivity index is 1.57. The van der Waals surface area contributed by atoms with Crippen molar-refractivity contribution in [3.63, 3.8) is 0 Å². The number of piperidine rings is 1. The van der Waals surface area contributed by atoms with Crippen LogP contribution in [0.15, 0.2) is 24.3 Å². The van der Waals surface area contributed by atoms with Gasteiger partial charge < -0.3 is 15.4 Å². The van der Waals surface area contributed by atoms with Gasteiger partial charge in [0.25, 0.3) is 0 Å². The molecule has 0 aliphatic carbocycles. The Morgan fingerprint density at radius 3 is 2.71 bits per heavy atom. The lowest BCUT2D eigenvalue weighted by Gasteiger charge is -2.28. The van der Waals surface area contributed by atoms with Crippen molar-refractivity contribution >= 4 is 11.6 Å². The highest BCUT2D eigenvalue weighted by Gasteiger charge is 2.34. The fraction of sp³-hybridized carbons (Fsp3) is 0.588. The zero-order chi connectivity index (χ0) is 14.7. The molecule has 0 saturated carbocycles. The minimum atomic E-state index is 0.105. The lowest BCUT2D eigenvalue weighted by molar-refractivity contribution is -0.117. The summed E-state index contributed by atoms with van der Waals surface area (Å²) >= 11 is 0. The number of para-hydroxylation sites is 2. The van der Waals surface area contributed by atoms with Gasteiger partial charge in [-0.3, -0.25) is 4.79 Å². The normalized spacial score (nSPS) is 27.4. The van der Waals surface area contributed by atoms with Crippen molar-refractivity contribution < 1.29 is 9.53 Å². The predicted octanol–water partition coefficient (Wildman–Crippen LogP) is 2.94. The van der Waals surface area contributed by atoms with E-state index in [0.29, 0.717) is 31.0 Å². The van der Waals surface area contributed by atoms with Gasteiger partial charge in [0.05, 0.1) is 12.3 Å². The first-order valence-corrected chi connectivity index (χ1v) is 8.02. The van der Waals surface area contributed by atoms with Crippen LogP contribution in [0.1, 0.15) is 39.0 Å². The third kappa shape index (κ3) is 3.56. The van der Waals surface area contributed by atoms with Gasteiger partial charge in [-0.2, -0.15) is 0 Å². The molecule has 0 spiro atoms. The summed E-state index contributed by atoms with van der Waals surface area (Å²) < 4.78 is 5.55. The van der Waals surface area contributed by atoms with E-state index in [4.69, 9.17) is 4.74 Å². The van der Waals surface area contributed by atoms with E-state index in [1.54, 1.807) is 0 Å². The number of ether oxygens (including phenoxy) is 1. The summed E-state index contributed by atoms with van der Waals surface area (Å²) in [7, 11) is 0. The Labute approximate surface area is 126 Å². The first-order chi connectivity index (χ1) is 10.2. The fourth-order valence-corrected chi connectivity index (χ4v) is 3.66. The molecule has 2 aliphatic heterocycles. The Bertz CT molecular complexity index is 491. The molecule has 4 heteroatoms. The average Bonchev–Trinajstić information content (AvgIpc) is 2.80. The van der Waals surface area contributed by atoms with Crippen LogP contribution in [0, 0.1) is 5.92 Å². The average molecular weight is 288 g/mol. The van der Waals surface area contributed by atoms with Crippen LogP contribution in [-0.2, 0) is 4.79 Å². The van der Waals surface area contributed by atoms with Crippen molar-refractivity contribution in [3.05, 3.63) is 24.3 Å². The summed E-state index contributed by atoms with van der Waals surface area (Å²) in [5, 5.41) is 6.63. The largest absolute Gasteiger partial charge is 0.492 e. The number of benzene rings is 1. The highest BCUT2D eigenvalue weighted by atomic mass is 16.5. The maximum Gasteiger partial charge on any atom is 0.224 e. The molecule has 1 amide bonds. The minimum absolute atomic E-state index is 0.105. The summed E-state index contributed by atoms with van der Waals surface area (Å²) in [6.07, 6.45) is 5.44. The molecule has 2 saturated heterocycles. The van der Waals surface area contributed by atoms with E-state index in [2.05, 4.69) is 10.6 Å². The highest BCUT2D eigenvalue weighted by molar-refractivity contribution is 5.92. The molecule has 2 atom stereocenters. The van der Waals surface area contributed by atoms with Gasteiger partial charge in [0.15, 0.2) is 0 Å². The first-order valence-electron chi connectivity index (χ1n) is 8.02. The van der Waals surface area contributed by atoms with Crippen molar-refractivity contribution in [1.82, 2.24) is 5.32 Å². The number of fused-ring (bicyclic) bond motifs is 2. The molecule has 0 aromatic heterocycles. The predicted molar refractivity (Wildman–Crippen MR) is 83.5 cm³/mol. The van der Waals surface area contributed by atoms with Crippen molar-refractivity contribution in [2.24, 2.45) is 5.92 Å². The molecule has 1 aromatic rings. The molecule has 2 fully saturated rings. The summed E-state index contributed by atoms with van der Waals surface area (Å²) in [5.41, 5.74) is 0.779. The maximum absolute atomic E-state index is 12.3. The first kappa shape index (κ1) is 14.4. The van der Waals surface area contributed by atoms with E-state index in [1.165, 1.54) is 12.8 Å². The summed E-state index contributed by atoms with van der Waals surface area (Å²) in [5.74, 6) is 1.37. The monoisotopic (exact) mass is 288 g/mol. The SMILES string of the molecule is CCOc1ccccc1NC(=O)CC1CC2CCC(C1)N2. The van der Waals surface area contributed by atoms with E-state index in [1.807, 2.05) is 31.2 Å². The number of nitrogens with one attached hydrogen (secondary N) is 2. The smallest absolute Gasteiger partial charge is 0.224 e. The molecule has 2 bridgehead atoms. The second-order valence-electron chi connectivity index (χ2n) is 6.16. The van der Waals surface area contributed by atoms with Crippen molar-refractivity contribution in [2.75, 3.05) is 11.9 Å². The van der Waals surface area contributed by atoms with Crippen LogP contribution in [-0.4, -0.2) is 24.6 Å². The second-order valence-corrected chi connectivity index (χ2v) is 6.16. The molecular weight excluding hydrogens is 264 g/mol. The molecular formula is C17H24N2O2.